The lowest BCUT2D eigenvalue weighted by molar-refractivity contribution is 0.348. The molecule has 2 aliphatic rings. The van der Waals surface area contributed by atoms with Crippen LogP contribution in [0.2, 0.25) is 19.1 Å². The first kappa shape index (κ1) is 11.4. The molecule has 0 radical (unpaired) electrons. The van der Waals surface area contributed by atoms with Gasteiger partial charge in [0.2, 0.25) is 0 Å². The lowest BCUT2D eigenvalue weighted by Gasteiger charge is -2.25. The van der Waals surface area contributed by atoms with Gasteiger partial charge in [0.1, 0.15) is 0 Å². The summed E-state index contributed by atoms with van der Waals surface area (Å²) in [6.45, 7) is 9.86. The summed E-state index contributed by atoms with van der Waals surface area (Å²) in [4.78, 5) is 0. The first-order valence-corrected chi connectivity index (χ1v) is 9.92. The Morgan fingerprint density at radius 2 is 2.00 bits per heavy atom. The molecule has 0 spiro atoms. The largest absolute Gasteiger partial charge is 0.0816 e. The normalized spacial score (nSPS) is 38.9. The first-order chi connectivity index (χ1) is 7.09. The molecule has 0 aliphatic heterocycles. The fourth-order valence-electron chi connectivity index (χ4n) is 3.57. The van der Waals surface area contributed by atoms with Crippen LogP contribution in [0.15, 0.2) is 11.6 Å². The predicted molar refractivity (Wildman–Crippen MR) is 70.9 cm³/mol. The summed E-state index contributed by atoms with van der Waals surface area (Å²) in [6, 6.07) is 1.54. The van der Waals surface area contributed by atoms with E-state index in [1.54, 1.807) is 6.04 Å². The number of hydrogen-bond acceptors (Lipinski definition) is 0. The summed E-state index contributed by atoms with van der Waals surface area (Å²) in [5.41, 5.74) is 1.83. The highest BCUT2D eigenvalue weighted by atomic mass is 28.3. The van der Waals surface area contributed by atoms with Gasteiger partial charge in [-0.15, -0.1) is 0 Å². The molecule has 15 heavy (non-hydrogen) atoms. The molecule has 0 saturated heterocycles. The molecular formula is C14H26Si. The summed E-state index contributed by atoms with van der Waals surface area (Å²) >= 11 is 0. The standard InChI is InChI=1S/C14H26Si/c1-10-11(2)14-9-13(10)8-12(14)6-5-7-15(3)4/h8,10-11,13-15H,5-7,9H2,1-4H3. The fourth-order valence-corrected chi connectivity index (χ4v) is 4.59. The van der Waals surface area contributed by atoms with Crippen molar-refractivity contribution in [2.45, 2.75) is 52.2 Å². The van der Waals surface area contributed by atoms with Crippen LogP contribution in [-0.2, 0) is 0 Å². The second kappa shape index (κ2) is 4.45. The van der Waals surface area contributed by atoms with Gasteiger partial charge < -0.3 is 0 Å². The second-order valence-corrected chi connectivity index (χ2v) is 9.62. The van der Waals surface area contributed by atoms with Crippen LogP contribution in [0.1, 0.15) is 33.1 Å². The van der Waals surface area contributed by atoms with E-state index in [-0.39, 0.29) is 8.80 Å². The van der Waals surface area contributed by atoms with E-state index in [0.717, 1.165) is 23.7 Å². The number of fused-ring (bicyclic) bond motifs is 2. The van der Waals surface area contributed by atoms with Crippen molar-refractivity contribution in [3.05, 3.63) is 11.6 Å². The van der Waals surface area contributed by atoms with E-state index in [1.807, 2.05) is 5.57 Å². The van der Waals surface area contributed by atoms with Gasteiger partial charge in [-0.3, -0.25) is 0 Å². The topological polar surface area (TPSA) is 0 Å². The molecule has 4 unspecified atom stereocenters. The van der Waals surface area contributed by atoms with Crippen molar-refractivity contribution in [1.29, 1.82) is 0 Å². The predicted octanol–water partition coefficient (Wildman–Crippen LogP) is 4.10. The van der Waals surface area contributed by atoms with Crippen molar-refractivity contribution in [3.8, 4) is 0 Å². The lowest BCUT2D eigenvalue weighted by Crippen LogP contribution is -2.16. The first-order valence-electron chi connectivity index (χ1n) is 6.80. The van der Waals surface area contributed by atoms with Gasteiger partial charge in [0.15, 0.2) is 0 Å². The summed E-state index contributed by atoms with van der Waals surface area (Å²) < 4.78 is 0. The van der Waals surface area contributed by atoms with E-state index < -0.39 is 0 Å². The molecule has 0 aromatic heterocycles. The Morgan fingerprint density at radius 3 is 2.53 bits per heavy atom. The fraction of sp³-hybridized carbons (Fsp3) is 0.857. The molecule has 0 heterocycles. The van der Waals surface area contributed by atoms with Crippen LogP contribution in [0.25, 0.3) is 0 Å². The highest BCUT2D eigenvalue weighted by Crippen LogP contribution is 2.52. The van der Waals surface area contributed by atoms with E-state index >= 15 is 0 Å². The number of allylic oxidation sites excluding steroid dienone is 2. The average Bonchev–Trinajstić information content (AvgIpc) is 2.68. The molecule has 1 saturated carbocycles. The summed E-state index contributed by atoms with van der Waals surface area (Å²) in [5, 5.41) is 0. The minimum Gasteiger partial charge on any atom is -0.0816 e. The van der Waals surface area contributed by atoms with Gasteiger partial charge in [0.25, 0.3) is 0 Å². The van der Waals surface area contributed by atoms with E-state index in [4.69, 9.17) is 0 Å². The molecule has 0 nitrogen and oxygen atoms in total. The Labute approximate surface area is 96.8 Å². The maximum absolute atomic E-state index is 2.64. The highest BCUT2D eigenvalue weighted by molar-refractivity contribution is 6.55. The number of rotatable bonds is 4. The molecule has 2 aliphatic carbocycles. The van der Waals surface area contributed by atoms with E-state index in [1.165, 1.54) is 19.3 Å². The Kier molecular flexibility index (Phi) is 3.39. The monoisotopic (exact) mass is 222 g/mol. The van der Waals surface area contributed by atoms with Crippen LogP contribution in [0.5, 0.6) is 0 Å². The average molecular weight is 222 g/mol. The molecule has 0 aromatic rings. The molecule has 2 bridgehead atoms. The van der Waals surface area contributed by atoms with Crippen LogP contribution in [0, 0.1) is 23.7 Å². The molecule has 0 N–H and O–H groups in total. The maximum Gasteiger partial charge on any atom is 0.0305 e. The minimum absolute atomic E-state index is 0.304. The van der Waals surface area contributed by atoms with Crippen molar-refractivity contribution in [1.82, 2.24) is 0 Å². The van der Waals surface area contributed by atoms with Crippen molar-refractivity contribution < 1.29 is 0 Å². The van der Waals surface area contributed by atoms with Gasteiger partial charge in [-0.05, 0) is 36.5 Å². The van der Waals surface area contributed by atoms with E-state index in [2.05, 4.69) is 33.0 Å². The van der Waals surface area contributed by atoms with E-state index in [0.29, 0.717) is 0 Å². The summed E-state index contributed by atoms with van der Waals surface area (Å²) in [6.07, 6.45) is 7.01. The third-order valence-electron chi connectivity index (χ3n) is 4.82. The van der Waals surface area contributed by atoms with E-state index in [9.17, 15) is 0 Å². The Bertz CT molecular complexity index is 254. The minimum atomic E-state index is -0.304. The maximum atomic E-state index is 2.64. The molecule has 1 fully saturated rings. The lowest BCUT2D eigenvalue weighted by atomic mass is 9.80. The van der Waals surface area contributed by atoms with Crippen molar-refractivity contribution in [3.63, 3.8) is 0 Å². The second-order valence-electron chi connectivity index (χ2n) is 6.25. The van der Waals surface area contributed by atoms with Gasteiger partial charge in [-0.25, -0.2) is 0 Å². The highest BCUT2D eigenvalue weighted by Gasteiger charge is 2.42. The molecule has 4 atom stereocenters. The van der Waals surface area contributed by atoms with Crippen LogP contribution in [0.3, 0.4) is 0 Å². The van der Waals surface area contributed by atoms with Crippen LogP contribution < -0.4 is 0 Å². The van der Waals surface area contributed by atoms with Crippen LogP contribution >= 0.6 is 0 Å². The quantitative estimate of drug-likeness (QED) is 0.496. The molecule has 0 amide bonds. The smallest absolute Gasteiger partial charge is 0.0305 e. The third-order valence-corrected chi connectivity index (χ3v) is 6.38. The van der Waals surface area contributed by atoms with Gasteiger partial charge in [-0.2, -0.15) is 0 Å². The van der Waals surface area contributed by atoms with Crippen LogP contribution in [0.4, 0.5) is 0 Å². The van der Waals surface area contributed by atoms with Crippen molar-refractivity contribution >= 4 is 8.80 Å². The Balaban J connectivity index is 1.85. The molecule has 1 heteroatoms. The Hall–Kier alpha value is -0.0431. The molecule has 2 rings (SSSR count). The zero-order chi connectivity index (χ0) is 11.0. The van der Waals surface area contributed by atoms with Crippen molar-refractivity contribution in [2.75, 3.05) is 0 Å². The van der Waals surface area contributed by atoms with Gasteiger partial charge in [0, 0.05) is 8.80 Å². The van der Waals surface area contributed by atoms with Crippen molar-refractivity contribution in [2.24, 2.45) is 23.7 Å². The number of hydrogen-bond donors (Lipinski definition) is 0. The zero-order valence-electron chi connectivity index (χ0n) is 10.8. The zero-order valence-corrected chi connectivity index (χ0v) is 11.9. The van der Waals surface area contributed by atoms with Gasteiger partial charge in [0.05, 0.1) is 0 Å². The summed E-state index contributed by atoms with van der Waals surface area (Å²) in [5.74, 6) is 3.83. The van der Waals surface area contributed by atoms with Gasteiger partial charge >= 0.3 is 0 Å². The summed E-state index contributed by atoms with van der Waals surface area (Å²) in [7, 11) is -0.304. The molecule has 0 aromatic carbocycles. The third kappa shape index (κ3) is 2.22. The van der Waals surface area contributed by atoms with Crippen LogP contribution in [-0.4, -0.2) is 8.80 Å². The SMILES string of the molecule is CC1C2C=C(CCC[SiH](C)C)C(C2)C1C. The molecular weight excluding hydrogens is 196 g/mol. The van der Waals surface area contributed by atoms with Gasteiger partial charge in [-0.1, -0.05) is 51.1 Å². The molecule has 86 valence electrons. The Morgan fingerprint density at radius 1 is 1.27 bits per heavy atom.